The molecular formula is C18H20O3. The van der Waals surface area contributed by atoms with Crippen molar-refractivity contribution in [2.24, 2.45) is 0 Å². The molecule has 0 aliphatic carbocycles. The van der Waals surface area contributed by atoms with Gasteiger partial charge in [0.15, 0.2) is 0 Å². The molecule has 0 aliphatic heterocycles. The third kappa shape index (κ3) is 6.49. The number of hydrogen-bond donors (Lipinski definition) is 1. The van der Waals surface area contributed by atoms with Crippen molar-refractivity contribution in [3.05, 3.63) is 54.1 Å². The summed E-state index contributed by atoms with van der Waals surface area (Å²) in [6, 6.07) is 7.37. The lowest BCUT2D eigenvalue weighted by atomic mass is 9.96. The largest absolute Gasteiger partial charge is 0.490 e. The van der Waals surface area contributed by atoms with Crippen molar-refractivity contribution in [3.63, 3.8) is 0 Å². The molecule has 3 nitrogen and oxygen atoms in total. The van der Waals surface area contributed by atoms with Crippen LogP contribution in [0, 0.1) is 11.8 Å². The summed E-state index contributed by atoms with van der Waals surface area (Å²) in [7, 11) is 0. The molecule has 0 spiro atoms. The highest BCUT2D eigenvalue weighted by Crippen LogP contribution is 2.22. The molecule has 110 valence electrons. The van der Waals surface area contributed by atoms with E-state index in [1.165, 1.54) is 0 Å². The predicted molar refractivity (Wildman–Crippen MR) is 84.3 cm³/mol. The van der Waals surface area contributed by atoms with Gasteiger partial charge in [0.1, 0.15) is 12.4 Å². The van der Waals surface area contributed by atoms with Crippen molar-refractivity contribution in [2.75, 3.05) is 6.61 Å². The number of allylic oxidation sites excluding steroid dienone is 2. The van der Waals surface area contributed by atoms with E-state index in [0.717, 1.165) is 16.9 Å². The Hall–Kier alpha value is -2.47. The lowest BCUT2D eigenvalue weighted by Gasteiger charge is -2.10. The van der Waals surface area contributed by atoms with Crippen LogP contribution in [-0.4, -0.2) is 17.7 Å². The van der Waals surface area contributed by atoms with Crippen LogP contribution in [0.3, 0.4) is 0 Å². The lowest BCUT2D eigenvalue weighted by Crippen LogP contribution is -2.04. The maximum atomic E-state index is 10.8. The van der Waals surface area contributed by atoms with Gasteiger partial charge < -0.3 is 9.84 Å². The SMILES string of the molecule is C=C(C)/C=C/COc1ccc(C(C#CC)CC(=O)O)cc1. The summed E-state index contributed by atoms with van der Waals surface area (Å²) < 4.78 is 5.55. The second-order valence-electron chi connectivity index (χ2n) is 4.67. The highest BCUT2D eigenvalue weighted by atomic mass is 16.5. The van der Waals surface area contributed by atoms with Gasteiger partial charge in [0.2, 0.25) is 0 Å². The van der Waals surface area contributed by atoms with Crippen molar-refractivity contribution >= 4 is 5.97 Å². The molecule has 1 unspecified atom stereocenters. The number of carboxylic acid groups (broad SMARTS) is 1. The number of carbonyl (C=O) groups is 1. The fraction of sp³-hybridized carbons (Fsp3) is 0.278. The fourth-order valence-electron chi connectivity index (χ4n) is 1.79. The minimum Gasteiger partial charge on any atom is -0.490 e. The summed E-state index contributed by atoms with van der Waals surface area (Å²) in [5.74, 6) is 5.30. The molecule has 1 aromatic rings. The van der Waals surface area contributed by atoms with E-state index in [1.807, 2.05) is 43.3 Å². The molecule has 0 saturated carbocycles. The average Bonchev–Trinajstić information content (AvgIpc) is 2.43. The van der Waals surface area contributed by atoms with Gasteiger partial charge in [0.05, 0.1) is 12.3 Å². The maximum Gasteiger partial charge on any atom is 0.304 e. The molecule has 1 aromatic carbocycles. The first-order valence-corrected chi connectivity index (χ1v) is 6.71. The van der Waals surface area contributed by atoms with E-state index in [4.69, 9.17) is 9.84 Å². The Labute approximate surface area is 126 Å². The van der Waals surface area contributed by atoms with E-state index in [9.17, 15) is 4.79 Å². The van der Waals surface area contributed by atoms with Crippen LogP contribution in [0.15, 0.2) is 48.6 Å². The van der Waals surface area contributed by atoms with Crippen LogP contribution in [0.4, 0.5) is 0 Å². The van der Waals surface area contributed by atoms with E-state index in [-0.39, 0.29) is 12.3 Å². The van der Waals surface area contributed by atoms with Crippen molar-refractivity contribution in [1.29, 1.82) is 0 Å². The number of aliphatic carboxylic acids is 1. The third-order valence-corrected chi connectivity index (χ3v) is 2.73. The Morgan fingerprint density at radius 1 is 1.43 bits per heavy atom. The van der Waals surface area contributed by atoms with E-state index < -0.39 is 5.97 Å². The Balaban J connectivity index is 2.68. The summed E-state index contributed by atoms with van der Waals surface area (Å²) in [5, 5.41) is 8.91. The second kappa shape index (κ2) is 8.65. The number of rotatable bonds is 7. The summed E-state index contributed by atoms with van der Waals surface area (Å²) in [6.45, 7) is 7.87. The minimum absolute atomic E-state index is 0.00237. The highest BCUT2D eigenvalue weighted by Gasteiger charge is 2.12. The Bertz CT molecular complexity index is 571. The van der Waals surface area contributed by atoms with Crippen LogP contribution in [0.1, 0.15) is 31.7 Å². The molecule has 0 fully saturated rings. The standard InChI is InChI=1S/C18H20O3/c1-4-6-16(13-18(19)20)15-8-10-17(11-9-15)21-12-5-7-14(2)3/h5,7-11,16H,2,12-13H2,1,3H3,(H,19,20)/b7-5+. The van der Waals surface area contributed by atoms with Crippen molar-refractivity contribution in [2.45, 2.75) is 26.2 Å². The van der Waals surface area contributed by atoms with Gasteiger partial charge in [-0.1, -0.05) is 36.3 Å². The van der Waals surface area contributed by atoms with Gasteiger partial charge in [0, 0.05) is 0 Å². The zero-order valence-electron chi connectivity index (χ0n) is 12.4. The maximum absolute atomic E-state index is 10.8. The van der Waals surface area contributed by atoms with E-state index in [2.05, 4.69) is 18.4 Å². The molecular weight excluding hydrogens is 264 g/mol. The molecule has 1 atom stereocenters. The van der Waals surface area contributed by atoms with Crippen LogP contribution in [0.2, 0.25) is 0 Å². The minimum atomic E-state index is -0.854. The number of benzene rings is 1. The lowest BCUT2D eigenvalue weighted by molar-refractivity contribution is -0.137. The molecule has 3 heteroatoms. The first kappa shape index (κ1) is 16.6. The summed E-state index contributed by atoms with van der Waals surface area (Å²) in [4.78, 5) is 10.8. The topological polar surface area (TPSA) is 46.5 Å². The number of ether oxygens (including phenoxy) is 1. The zero-order chi connectivity index (χ0) is 15.7. The smallest absolute Gasteiger partial charge is 0.304 e. The highest BCUT2D eigenvalue weighted by molar-refractivity contribution is 5.69. The Kier molecular flexibility index (Phi) is 6.83. The Morgan fingerprint density at radius 3 is 2.62 bits per heavy atom. The van der Waals surface area contributed by atoms with Crippen LogP contribution in [0.25, 0.3) is 0 Å². The monoisotopic (exact) mass is 284 g/mol. The second-order valence-corrected chi connectivity index (χ2v) is 4.67. The molecule has 0 radical (unpaired) electrons. The fourth-order valence-corrected chi connectivity index (χ4v) is 1.79. The average molecular weight is 284 g/mol. The number of carboxylic acids is 1. The van der Waals surface area contributed by atoms with Crippen LogP contribution in [-0.2, 0) is 4.79 Å². The predicted octanol–water partition coefficient (Wildman–Crippen LogP) is 3.78. The molecule has 0 aliphatic rings. The first-order chi connectivity index (χ1) is 10.0. The molecule has 1 rings (SSSR count). The van der Waals surface area contributed by atoms with Gasteiger partial charge in [-0.3, -0.25) is 4.79 Å². The van der Waals surface area contributed by atoms with Crippen molar-refractivity contribution in [3.8, 4) is 17.6 Å². The van der Waals surface area contributed by atoms with Gasteiger partial charge in [-0.15, -0.1) is 5.92 Å². The van der Waals surface area contributed by atoms with Gasteiger partial charge in [0.25, 0.3) is 0 Å². The van der Waals surface area contributed by atoms with E-state index in [1.54, 1.807) is 6.92 Å². The molecule has 21 heavy (non-hydrogen) atoms. The zero-order valence-corrected chi connectivity index (χ0v) is 12.4. The van der Waals surface area contributed by atoms with Crippen molar-refractivity contribution < 1.29 is 14.6 Å². The van der Waals surface area contributed by atoms with Crippen molar-refractivity contribution in [1.82, 2.24) is 0 Å². The van der Waals surface area contributed by atoms with Gasteiger partial charge in [-0.2, -0.15) is 0 Å². The number of hydrogen-bond acceptors (Lipinski definition) is 2. The summed E-state index contributed by atoms with van der Waals surface area (Å²) >= 11 is 0. The van der Waals surface area contributed by atoms with Gasteiger partial charge in [-0.25, -0.2) is 0 Å². The molecule has 0 aromatic heterocycles. The summed E-state index contributed by atoms with van der Waals surface area (Å²) in [6.07, 6.45) is 3.79. The molecule has 0 saturated heterocycles. The normalized spacial score (nSPS) is 11.5. The van der Waals surface area contributed by atoms with E-state index >= 15 is 0 Å². The Morgan fingerprint density at radius 2 is 2.10 bits per heavy atom. The van der Waals surface area contributed by atoms with Gasteiger partial charge in [-0.05, 0) is 37.6 Å². The molecule has 0 bridgehead atoms. The molecule has 0 amide bonds. The molecule has 1 N–H and O–H groups in total. The van der Waals surface area contributed by atoms with Crippen LogP contribution < -0.4 is 4.74 Å². The third-order valence-electron chi connectivity index (χ3n) is 2.73. The van der Waals surface area contributed by atoms with Gasteiger partial charge >= 0.3 is 5.97 Å². The quantitative estimate of drug-likeness (QED) is 0.612. The first-order valence-electron chi connectivity index (χ1n) is 6.71. The van der Waals surface area contributed by atoms with Crippen LogP contribution >= 0.6 is 0 Å². The summed E-state index contributed by atoms with van der Waals surface area (Å²) in [5.41, 5.74) is 1.86. The van der Waals surface area contributed by atoms with E-state index in [0.29, 0.717) is 6.61 Å². The van der Waals surface area contributed by atoms with Crippen LogP contribution in [0.5, 0.6) is 5.75 Å². The molecule has 0 heterocycles.